The molecule has 0 saturated carbocycles. The fraction of sp³-hybridized carbons (Fsp3) is 0.379. The van der Waals surface area contributed by atoms with Gasteiger partial charge in [0.05, 0.1) is 48.8 Å². The van der Waals surface area contributed by atoms with Crippen molar-refractivity contribution in [3.05, 3.63) is 124 Å². The van der Waals surface area contributed by atoms with E-state index in [0.717, 1.165) is 58.6 Å². The largest absolute Gasteiger partial charge is 0.493 e. The normalized spacial score (nSPS) is 16.1. The van der Waals surface area contributed by atoms with E-state index in [-0.39, 0.29) is 59.7 Å². The lowest BCUT2D eigenvalue weighted by atomic mass is 10.1. The number of methoxy groups -OCH3 is 2. The van der Waals surface area contributed by atoms with Crippen LogP contribution in [-0.2, 0) is 35.6 Å². The molecule has 0 aliphatic carbocycles. The molecule has 4 aliphatic heterocycles. The Balaban J connectivity index is 0.926. The number of aliphatic imine (C=N–C) groups is 2. The maximum absolute atomic E-state index is 14.1. The third kappa shape index (κ3) is 11.3. The Morgan fingerprint density at radius 3 is 1.74 bits per heavy atom. The number of amides is 4. The van der Waals surface area contributed by atoms with Gasteiger partial charge < -0.3 is 29.2 Å². The van der Waals surface area contributed by atoms with Crippen molar-refractivity contribution < 1.29 is 38.1 Å². The Morgan fingerprint density at radius 1 is 0.730 bits per heavy atom. The van der Waals surface area contributed by atoms with Crippen molar-refractivity contribution in [2.45, 2.75) is 115 Å². The van der Waals surface area contributed by atoms with Crippen LogP contribution in [0, 0.1) is 0 Å². The number of nitrogens with zero attached hydrogens (tertiary/aromatic N) is 5. The molecule has 1 N–H and O–H groups in total. The number of carbonyl (C=O) groups excluding carboxylic acids is 4. The topological polar surface area (TPSA) is 152 Å². The van der Waals surface area contributed by atoms with E-state index in [1.807, 2.05) is 79.2 Å². The van der Waals surface area contributed by atoms with E-state index >= 15 is 0 Å². The van der Waals surface area contributed by atoms with E-state index in [0.29, 0.717) is 83.3 Å². The molecular formula is C58H64N6O8S2. The minimum absolute atomic E-state index is 0.0529. The molecule has 0 fully saturated rings. The van der Waals surface area contributed by atoms with Gasteiger partial charge in [-0.25, -0.2) is 0 Å². The van der Waals surface area contributed by atoms with Gasteiger partial charge in [0.2, 0.25) is 11.8 Å². The van der Waals surface area contributed by atoms with Crippen molar-refractivity contribution in [1.82, 2.24) is 5.32 Å². The molecule has 5 aromatic rings. The van der Waals surface area contributed by atoms with E-state index < -0.39 is 0 Å². The van der Waals surface area contributed by atoms with E-state index in [1.54, 1.807) is 81.8 Å². The molecule has 16 heteroatoms. The quantitative estimate of drug-likeness (QED) is 0.0555. The highest BCUT2D eigenvalue weighted by molar-refractivity contribution is 8.77. The van der Waals surface area contributed by atoms with Crippen molar-refractivity contribution in [1.29, 1.82) is 0 Å². The van der Waals surface area contributed by atoms with Gasteiger partial charge in [-0.3, -0.25) is 39.0 Å². The maximum Gasteiger partial charge on any atom is 0.261 e. The first-order chi connectivity index (χ1) is 35.8. The number of hydrogen-bond acceptors (Lipinski definition) is 12. The lowest BCUT2D eigenvalue weighted by Gasteiger charge is -2.25. The van der Waals surface area contributed by atoms with Gasteiger partial charge in [-0.05, 0) is 104 Å². The van der Waals surface area contributed by atoms with Crippen LogP contribution in [-0.4, -0.2) is 86.0 Å². The Kier molecular flexibility index (Phi) is 16.0. The fourth-order valence-corrected chi connectivity index (χ4v) is 12.5. The highest BCUT2D eigenvalue weighted by atomic mass is 33.1. The number of hydrogen-bond donors (Lipinski definition) is 1. The molecule has 0 saturated heterocycles. The summed E-state index contributed by atoms with van der Waals surface area (Å²) in [6, 6.07) is 28.3. The number of ether oxygens (including phenoxy) is 4. The van der Waals surface area contributed by atoms with Crippen molar-refractivity contribution in [2.75, 3.05) is 41.7 Å². The molecule has 0 aromatic heterocycles. The van der Waals surface area contributed by atoms with Crippen LogP contribution >= 0.6 is 21.6 Å². The highest BCUT2D eigenvalue weighted by Gasteiger charge is 2.38. The number of benzene rings is 5. The molecule has 0 bridgehead atoms. The lowest BCUT2D eigenvalue weighted by molar-refractivity contribution is -0.122. The zero-order valence-corrected chi connectivity index (χ0v) is 44.8. The zero-order chi connectivity index (χ0) is 52.1. The highest BCUT2D eigenvalue weighted by Crippen LogP contribution is 2.44. The van der Waals surface area contributed by atoms with Gasteiger partial charge in [0.25, 0.3) is 11.8 Å². The molecule has 4 heterocycles. The zero-order valence-electron chi connectivity index (χ0n) is 43.1. The molecule has 14 nitrogen and oxygen atoms in total. The summed E-state index contributed by atoms with van der Waals surface area (Å²) >= 11 is 0. The van der Waals surface area contributed by atoms with Crippen molar-refractivity contribution in [3.63, 3.8) is 0 Å². The summed E-state index contributed by atoms with van der Waals surface area (Å²) in [5, 5.41) is 3.11. The first-order valence-electron chi connectivity index (χ1n) is 25.4. The molecule has 2 atom stereocenters. The van der Waals surface area contributed by atoms with Gasteiger partial charge in [0, 0.05) is 90.9 Å². The third-order valence-corrected chi connectivity index (χ3v) is 17.5. The van der Waals surface area contributed by atoms with Crippen LogP contribution in [0.3, 0.4) is 0 Å². The first-order valence-corrected chi connectivity index (χ1v) is 27.7. The Bertz CT molecular complexity index is 2850. The minimum atomic E-state index is -0.207. The van der Waals surface area contributed by atoms with Crippen LogP contribution in [0.1, 0.15) is 109 Å². The van der Waals surface area contributed by atoms with Crippen LogP contribution < -0.4 is 39.0 Å². The van der Waals surface area contributed by atoms with Gasteiger partial charge in [0.15, 0.2) is 23.0 Å². The summed E-state index contributed by atoms with van der Waals surface area (Å²) in [6.45, 7) is 8.63. The second-order valence-electron chi connectivity index (χ2n) is 19.6. The van der Waals surface area contributed by atoms with Gasteiger partial charge in [-0.15, -0.1) is 0 Å². The summed E-state index contributed by atoms with van der Waals surface area (Å²) in [5.74, 6) is 2.14. The summed E-state index contributed by atoms with van der Waals surface area (Å²) < 4.78 is 24.5. The van der Waals surface area contributed by atoms with Crippen LogP contribution in [0.2, 0.25) is 0 Å². The summed E-state index contributed by atoms with van der Waals surface area (Å²) in [4.78, 5) is 69.6. The predicted octanol–water partition coefficient (Wildman–Crippen LogP) is 11.4. The third-order valence-electron chi connectivity index (χ3n) is 14.1. The van der Waals surface area contributed by atoms with Crippen LogP contribution in [0.4, 0.5) is 28.4 Å². The molecule has 0 spiro atoms. The second-order valence-corrected chi connectivity index (χ2v) is 22.8. The van der Waals surface area contributed by atoms with Crippen molar-refractivity contribution in [2.24, 2.45) is 9.98 Å². The number of carbonyl (C=O) groups is 4. The Hall–Kier alpha value is -6.78. The molecule has 0 radical (unpaired) electrons. The standard InChI is InChI=1S/C58H64N6O8S2/c1-8-40(9-2)61-54(65)19-14-22-73-74-58(3,4)21-20-55(66)62(5)41-24-36(34-71-52-30-46-44(28-50(52)69-6)56(67)63-42(32-59-46)26-38-15-10-12-17-48(38)63)23-37(25-41)35-72-53-31-47-45(29-51(53)70-7)57(68)64-43(33-60-47)27-39-16-11-13-18-49(39)64/h10-13,15-18,23-25,28-33,40,42-43H,8-9,14,19-22,26-27,34-35H2,1-7H3,(H,61,65)/t42-,43?/m0/s1. The Morgan fingerprint density at radius 2 is 1.24 bits per heavy atom. The Labute approximate surface area is 441 Å². The predicted molar refractivity (Wildman–Crippen MR) is 297 cm³/mol. The summed E-state index contributed by atoms with van der Waals surface area (Å²) in [5.41, 5.74) is 7.90. The molecule has 386 valence electrons. The number of anilines is 3. The van der Waals surface area contributed by atoms with Crippen LogP contribution in [0.5, 0.6) is 23.0 Å². The molecule has 5 aromatic carbocycles. The molecule has 74 heavy (non-hydrogen) atoms. The molecule has 1 unspecified atom stereocenters. The maximum atomic E-state index is 14.1. The number of para-hydroxylation sites is 2. The molecular weight excluding hydrogens is 973 g/mol. The van der Waals surface area contributed by atoms with Crippen molar-refractivity contribution >= 4 is 86.1 Å². The van der Waals surface area contributed by atoms with Gasteiger partial charge in [-0.1, -0.05) is 71.8 Å². The minimum Gasteiger partial charge on any atom is -0.493 e. The monoisotopic (exact) mass is 1040 g/mol. The number of fused-ring (bicyclic) bond motifs is 8. The van der Waals surface area contributed by atoms with Crippen LogP contribution in [0.15, 0.2) is 101 Å². The van der Waals surface area contributed by atoms with Crippen molar-refractivity contribution in [3.8, 4) is 23.0 Å². The van der Waals surface area contributed by atoms with Crippen LogP contribution in [0.25, 0.3) is 0 Å². The smallest absolute Gasteiger partial charge is 0.261 e. The van der Waals surface area contributed by atoms with E-state index in [9.17, 15) is 19.2 Å². The average molecular weight is 1040 g/mol. The SMILES string of the molecule is CCC(CC)NC(=O)CCCSSC(C)(C)CCC(=O)N(C)c1cc(COc2cc3c(cc2OC)C(=O)N2c4ccccc4CC2C=N3)cc(COc2cc3c(cc2OC)C(=O)N2c4ccccc4C[C@H]2C=N3)c1. The summed E-state index contributed by atoms with van der Waals surface area (Å²) in [7, 11) is 8.34. The lowest BCUT2D eigenvalue weighted by Crippen LogP contribution is -2.37. The van der Waals surface area contributed by atoms with Gasteiger partial charge in [0.1, 0.15) is 13.2 Å². The summed E-state index contributed by atoms with van der Waals surface area (Å²) in [6.07, 6.45) is 9.10. The molecule has 4 amide bonds. The average Bonchev–Trinajstić information content (AvgIpc) is 3.90. The van der Waals surface area contributed by atoms with E-state index in [2.05, 4.69) is 33.0 Å². The molecule has 4 aliphatic rings. The first kappa shape index (κ1) is 52.1. The molecule has 9 rings (SSSR count). The van der Waals surface area contributed by atoms with E-state index in [4.69, 9.17) is 28.9 Å². The number of rotatable bonds is 21. The second kappa shape index (κ2) is 22.8. The van der Waals surface area contributed by atoms with E-state index in [1.165, 1.54) is 0 Å². The van der Waals surface area contributed by atoms with Gasteiger partial charge in [-0.2, -0.15) is 0 Å². The van der Waals surface area contributed by atoms with Gasteiger partial charge >= 0.3 is 0 Å². The fourth-order valence-electron chi connectivity index (χ4n) is 9.85. The number of nitrogens with one attached hydrogen (secondary N) is 1.